The molecule has 0 spiro atoms. The third-order valence-electron chi connectivity index (χ3n) is 6.84. The molecule has 208 valence electrons. The number of hydrogen-bond acceptors (Lipinski definition) is 5. The van der Waals surface area contributed by atoms with Crippen molar-refractivity contribution in [3.63, 3.8) is 0 Å². The van der Waals surface area contributed by atoms with Gasteiger partial charge in [-0.15, -0.1) is 0 Å². The van der Waals surface area contributed by atoms with E-state index in [1.165, 1.54) is 0 Å². The number of benzene rings is 2. The first-order valence-corrected chi connectivity index (χ1v) is 13.1. The highest BCUT2D eigenvalue weighted by molar-refractivity contribution is 5.91. The molecule has 10 heteroatoms. The van der Waals surface area contributed by atoms with Crippen molar-refractivity contribution in [1.82, 2.24) is 20.2 Å². The zero-order chi connectivity index (χ0) is 28.7. The molecule has 2 amide bonds. The number of carboxylic acids is 1. The van der Waals surface area contributed by atoms with Gasteiger partial charge in [0.15, 0.2) is 0 Å². The number of fused-ring (bicyclic) bond motifs is 1. The number of hydrogen-bond donors (Lipinski definition) is 4. The Morgan fingerprint density at radius 2 is 1.56 bits per heavy atom. The fourth-order valence-corrected chi connectivity index (χ4v) is 4.51. The summed E-state index contributed by atoms with van der Waals surface area (Å²) in [5.41, 5.74) is -0.311. The molecule has 0 saturated carbocycles. The van der Waals surface area contributed by atoms with Gasteiger partial charge in [0.1, 0.15) is 18.1 Å². The van der Waals surface area contributed by atoms with E-state index in [1.807, 2.05) is 26.8 Å². The number of aliphatic carboxylic acids is 1. The van der Waals surface area contributed by atoms with Gasteiger partial charge in [0.2, 0.25) is 11.8 Å². The number of aromatic amines is 1. The van der Waals surface area contributed by atoms with Gasteiger partial charge in [-0.05, 0) is 36.0 Å². The summed E-state index contributed by atoms with van der Waals surface area (Å²) in [4.78, 5) is 68.0. The maximum absolute atomic E-state index is 13.8. The van der Waals surface area contributed by atoms with Crippen LogP contribution in [0.5, 0.6) is 0 Å². The topological polar surface area (TPSA) is 150 Å². The van der Waals surface area contributed by atoms with Crippen LogP contribution < -0.4 is 21.9 Å². The van der Waals surface area contributed by atoms with E-state index in [0.29, 0.717) is 17.5 Å². The minimum absolute atomic E-state index is 0.0210. The Balaban J connectivity index is 2.02. The monoisotopic (exact) mass is 536 g/mol. The number of carboxylic acid groups (broad SMARTS) is 1. The second kappa shape index (κ2) is 13.0. The summed E-state index contributed by atoms with van der Waals surface area (Å²) in [5.74, 6) is -2.85. The van der Waals surface area contributed by atoms with Gasteiger partial charge in [0.05, 0.1) is 10.9 Å². The second-order valence-electron chi connectivity index (χ2n) is 10.3. The molecule has 0 aliphatic carbocycles. The average molecular weight is 537 g/mol. The summed E-state index contributed by atoms with van der Waals surface area (Å²) in [7, 11) is 0. The number of H-pyrrole nitrogens is 1. The largest absolute Gasteiger partial charge is 0.480 e. The van der Waals surface area contributed by atoms with Crippen LogP contribution in [0, 0.1) is 11.8 Å². The standard InChI is InChI=1S/C29H36N4O6/c1-5-18(4)24(28(37)38)32-25(34)22(15-17(2)3)30-26(35)23(16-19-11-7-6-8-12-19)33-27(36)20-13-9-10-14-21(20)31-29(33)39/h6-14,17-18,22-24H,5,15-16H2,1-4H3,(H,30,35)(H,31,39)(H,32,34)(H,37,38)/t18-,22+,23-,24+/m1/s1. The first-order valence-electron chi connectivity index (χ1n) is 13.1. The summed E-state index contributed by atoms with van der Waals surface area (Å²) in [6, 6.07) is 12.0. The lowest BCUT2D eigenvalue weighted by Gasteiger charge is -2.27. The van der Waals surface area contributed by atoms with Crippen molar-refractivity contribution < 1.29 is 19.5 Å². The highest BCUT2D eigenvalue weighted by Gasteiger charge is 2.33. The van der Waals surface area contributed by atoms with E-state index in [0.717, 1.165) is 4.57 Å². The average Bonchev–Trinajstić information content (AvgIpc) is 2.90. The highest BCUT2D eigenvalue weighted by Crippen LogP contribution is 2.16. The van der Waals surface area contributed by atoms with E-state index < -0.39 is 47.2 Å². The predicted molar refractivity (Wildman–Crippen MR) is 148 cm³/mol. The molecular weight excluding hydrogens is 500 g/mol. The summed E-state index contributed by atoms with van der Waals surface area (Å²) in [5, 5.41) is 15.2. The van der Waals surface area contributed by atoms with Gasteiger partial charge < -0.3 is 20.7 Å². The molecule has 1 aromatic heterocycles. The van der Waals surface area contributed by atoms with Gasteiger partial charge >= 0.3 is 11.7 Å². The third kappa shape index (κ3) is 7.22. The Hall–Kier alpha value is -4.21. The highest BCUT2D eigenvalue weighted by atomic mass is 16.4. The van der Waals surface area contributed by atoms with Crippen LogP contribution in [-0.2, 0) is 20.8 Å². The molecule has 0 radical (unpaired) electrons. The molecule has 1 heterocycles. The van der Waals surface area contributed by atoms with Crippen molar-refractivity contribution in [2.24, 2.45) is 11.8 Å². The van der Waals surface area contributed by atoms with Crippen molar-refractivity contribution in [1.29, 1.82) is 0 Å². The molecule has 39 heavy (non-hydrogen) atoms. The third-order valence-corrected chi connectivity index (χ3v) is 6.84. The fraction of sp³-hybridized carbons (Fsp3) is 0.414. The molecule has 2 aromatic carbocycles. The lowest BCUT2D eigenvalue weighted by atomic mass is 9.97. The molecule has 4 N–H and O–H groups in total. The Kier molecular flexibility index (Phi) is 9.81. The van der Waals surface area contributed by atoms with E-state index in [1.54, 1.807) is 55.5 Å². The first-order chi connectivity index (χ1) is 18.5. The zero-order valence-electron chi connectivity index (χ0n) is 22.6. The number of nitrogens with zero attached hydrogens (tertiary/aromatic N) is 1. The normalized spacial score (nSPS) is 14.4. The Morgan fingerprint density at radius 3 is 2.18 bits per heavy atom. The van der Waals surface area contributed by atoms with Crippen LogP contribution in [0.25, 0.3) is 10.9 Å². The van der Waals surface area contributed by atoms with Crippen LogP contribution in [0.1, 0.15) is 52.1 Å². The lowest BCUT2D eigenvalue weighted by Crippen LogP contribution is -2.55. The van der Waals surface area contributed by atoms with Gasteiger partial charge in [0.25, 0.3) is 5.56 Å². The van der Waals surface area contributed by atoms with Gasteiger partial charge in [-0.1, -0.05) is 76.6 Å². The van der Waals surface area contributed by atoms with E-state index in [4.69, 9.17) is 0 Å². The molecule has 4 atom stereocenters. The van der Waals surface area contributed by atoms with Crippen molar-refractivity contribution in [3.8, 4) is 0 Å². The molecular formula is C29H36N4O6. The number of aromatic nitrogens is 2. The van der Waals surface area contributed by atoms with Crippen LogP contribution in [-0.4, -0.2) is 44.5 Å². The SMILES string of the molecule is CC[C@@H](C)[C@H](NC(=O)[C@H](CC(C)C)NC(=O)[C@@H](Cc1ccccc1)n1c(=O)[nH]c2ccccc2c1=O)C(=O)O. The molecule has 0 aliphatic heterocycles. The van der Waals surface area contributed by atoms with Gasteiger partial charge in [-0.3, -0.25) is 14.4 Å². The summed E-state index contributed by atoms with van der Waals surface area (Å²) in [6.45, 7) is 7.29. The molecule has 0 aliphatic rings. The second-order valence-corrected chi connectivity index (χ2v) is 10.3. The number of nitrogens with one attached hydrogen (secondary N) is 3. The number of amides is 2. The van der Waals surface area contributed by atoms with Crippen LogP contribution in [0.4, 0.5) is 0 Å². The van der Waals surface area contributed by atoms with Crippen LogP contribution >= 0.6 is 0 Å². The molecule has 0 saturated heterocycles. The summed E-state index contributed by atoms with van der Waals surface area (Å²) in [6.07, 6.45) is 0.783. The Bertz CT molecular complexity index is 1430. The number of rotatable bonds is 12. The zero-order valence-corrected chi connectivity index (χ0v) is 22.6. The summed E-state index contributed by atoms with van der Waals surface area (Å²) < 4.78 is 0.883. The van der Waals surface area contributed by atoms with Crippen LogP contribution in [0.2, 0.25) is 0 Å². The predicted octanol–water partition coefficient (Wildman–Crippen LogP) is 2.62. The minimum Gasteiger partial charge on any atom is -0.480 e. The van der Waals surface area contributed by atoms with E-state index in [9.17, 15) is 29.1 Å². The molecule has 10 nitrogen and oxygen atoms in total. The number of carbonyl (C=O) groups excluding carboxylic acids is 2. The molecule has 0 fully saturated rings. The quantitative estimate of drug-likeness (QED) is 0.279. The molecule has 3 aromatic rings. The molecule has 0 unspecified atom stereocenters. The number of carbonyl (C=O) groups is 3. The first kappa shape index (κ1) is 29.3. The number of para-hydroxylation sites is 1. The lowest BCUT2D eigenvalue weighted by molar-refractivity contribution is -0.143. The van der Waals surface area contributed by atoms with Crippen molar-refractivity contribution >= 4 is 28.7 Å². The maximum Gasteiger partial charge on any atom is 0.329 e. The maximum atomic E-state index is 13.8. The smallest absolute Gasteiger partial charge is 0.329 e. The molecule has 0 bridgehead atoms. The van der Waals surface area contributed by atoms with Gasteiger partial charge in [-0.25, -0.2) is 14.2 Å². The Labute approximate surface area is 226 Å². The minimum atomic E-state index is -1.26. The summed E-state index contributed by atoms with van der Waals surface area (Å²) >= 11 is 0. The van der Waals surface area contributed by atoms with Crippen LogP contribution in [0.3, 0.4) is 0 Å². The Morgan fingerprint density at radius 1 is 0.923 bits per heavy atom. The van der Waals surface area contributed by atoms with E-state index in [-0.39, 0.29) is 30.1 Å². The van der Waals surface area contributed by atoms with Crippen molar-refractivity contribution in [2.75, 3.05) is 0 Å². The van der Waals surface area contributed by atoms with Gasteiger partial charge in [0, 0.05) is 6.42 Å². The molecule has 3 rings (SSSR count). The van der Waals surface area contributed by atoms with Gasteiger partial charge in [-0.2, -0.15) is 0 Å². The van der Waals surface area contributed by atoms with Crippen molar-refractivity contribution in [3.05, 3.63) is 81.0 Å². The van der Waals surface area contributed by atoms with E-state index in [2.05, 4.69) is 15.6 Å². The van der Waals surface area contributed by atoms with Crippen molar-refractivity contribution in [2.45, 2.75) is 65.1 Å². The van der Waals surface area contributed by atoms with E-state index >= 15 is 0 Å². The van der Waals surface area contributed by atoms with Crippen LogP contribution in [0.15, 0.2) is 64.2 Å². The fourth-order valence-electron chi connectivity index (χ4n) is 4.51.